The van der Waals surface area contributed by atoms with Crippen molar-refractivity contribution in [3.63, 3.8) is 0 Å². The maximum absolute atomic E-state index is 13.8. The molecule has 0 spiro atoms. The van der Waals surface area contributed by atoms with E-state index >= 15 is 0 Å². The first-order valence-corrected chi connectivity index (χ1v) is 12.1. The number of carbonyl (C=O) groups excluding carboxylic acids is 2. The highest BCUT2D eigenvalue weighted by molar-refractivity contribution is 7.93. The minimum Gasteiger partial charge on any atom is -0.455 e. The van der Waals surface area contributed by atoms with Crippen LogP contribution >= 0.6 is 11.6 Å². The highest BCUT2D eigenvalue weighted by atomic mass is 35.5. The Hall–Kier alpha value is -3.23. The van der Waals surface area contributed by atoms with Gasteiger partial charge in [0.25, 0.3) is 10.0 Å². The second-order valence-electron chi connectivity index (χ2n) is 7.61. The van der Waals surface area contributed by atoms with Crippen molar-refractivity contribution >= 4 is 39.1 Å². The molecule has 2 heterocycles. The Morgan fingerprint density at radius 3 is 2.48 bits per heavy atom. The molecule has 0 amide bonds. The quantitative estimate of drug-likeness (QED) is 0.378. The third-order valence-corrected chi connectivity index (χ3v) is 7.40. The molecule has 1 aromatic heterocycles. The molecule has 4 rings (SSSR count). The van der Waals surface area contributed by atoms with Gasteiger partial charge in [-0.2, -0.15) is 0 Å². The normalized spacial score (nSPS) is 17.5. The summed E-state index contributed by atoms with van der Waals surface area (Å²) in [6.07, 6.45) is 0.353. The van der Waals surface area contributed by atoms with Gasteiger partial charge in [-0.05, 0) is 55.0 Å². The van der Waals surface area contributed by atoms with Crippen molar-refractivity contribution in [2.45, 2.75) is 37.3 Å². The molecule has 3 aromatic rings. The van der Waals surface area contributed by atoms with Crippen LogP contribution in [-0.4, -0.2) is 31.2 Å². The van der Waals surface area contributed by atoms with Crippen molar-refractivity contribution < 1.29 is 22.7 Å². The van der Waals surface area contributed by atoms with Gasteiger partial charge in [-0.1, -0.05) is 36.7 Å². The standard InChI is InChI=1S/C24H21ClN2O5S/c1-3-21(28)32-24-18-14-16(25)9-10-20(18)27(33(30,31)17-7-5-4-6-8-17)22(24)23(29)19-13-15(2)11-12-26-19/h4-14,22,24H,3H2,1-2H3. The number of sulfonamides is 1. The lowest BCUT2D eigenvalue weighted by atomic mass is 10.0. The zero-order chi connectivity index (χ0) is 23.8. The highest BCUT2D eigenvalue weighted by Crippen LogP contribution is 2.46. The molecule has 0 N–H and O–H groups in total. The number of anilines is 1. The fourth-order valence-corrected chi connectivity index (χ4v) is 5.64. The van der Waals surface area contributed by atoms with Crippen LogP contribution in [0.2, 0.25) is 5.02 Å². The summed E-state index contributed by atoms with van der Waals surface area (Å²) < 4.78 is 34.2. The number of rotatable bonds is 6. The molecule has 7 nitrogen and oxygen atoms in total. The van der Waals surface area contributed by atoms with Gasteiger partial charge in [-0.25, -0.2) is 8.42 Å². The van der Waals surface area contributed by atoms with Gasteiger partial charge in [0, 0.05) is 23.2 Å². The zero-order valence-electron chi connectivity index (χ0n) is 17.9. The van der Waals surface area contributed by atoms with Crippen molar-refractivity contribution in [1.29, 1.82) is 0 Å². The summed E-state index contributed by atoms with van der Waals surface area (Å²) >= 11 is 6.20. The predicted octanol–water partition coefficient (Wildman–Crippen LogP) is 4.50. The van der Waals surface area contributed by atoms with Crippen LogP contribution in [0.4, 0.5) is 5.69 Å². The van der Waals surface area contributed by atoms with E-state index in [0.717, 1.165) is 9.87 Å². The molecular weight excluding hydrogens is 464 g/mol. The molecular formula is C24H21ClN2O5S. The van der Waals surface area contributed by atoms with Crippen LogP contribution in [0.1, 0.15) is 41.1 Å². The third kappa shape index (κ3) is 4.24. The fraction of sp³-hybridized carbons (Fsp3) is 0.208. The second kappa shape index (κ2) is 8.96. The number of aryl methyl sites for hydroxylation is 1. The smallest absolute Gasteiger partial charge is 0.306 e. The molecule has 1 aliphatic heterocycles. The number of ether oxygens (including phenoxy) is 1. The van der Waals surface area contributed by atoms with Gasteiger partial charge in [0.15, 0.2) is 12.1 Å². The van der Waals surface area contributed by atoms with Gasteiger partial charge in [-0.15, -0.1) is 0 Å². The first kappa shape index (κ1) is 22.9. The molecule has 2 atom stereocenters. The summed E-state index contributed by atoms with van der Waals surface area (Å²) in [4.78, 5) is 30.2. The number of fused-ring (bicyclic) bond motifs is 1. The van der Waals surface area contributed by atoms with Crippen molar-refractivity contribution in [3.8, 4) is 0 Å². The van der Waals surface area contributed by atoms with Gasteiger partial charge < -0.3 is 4.74 Å². The summed E-state index contributed by atoms with van der Waals surface area (Å²) in [6, 6.07) is 14.3. The molecule has 1 aliphatic rings. The highest BCUT2D eigenvalue weighted by Gasteiger charge is 2.51. The summed E-state index contributed by atoms with van der Waals surface area (Å²) in [6.45, 7) is 3.42. The average Bonchev–Trinajstić information content (AvgIpc) is 3.12. The SMILES string of the molecule is CCC(=O)OC1c2cc(Cl)ccc2N(S(=O)(=O)c2ccccc2)C1C(=O)c1cc(C)ccn1. The maximum atomic E-state index is 13.8. The monoisotopic (exact) mass is 484 g/mol. The molecule has 0 fully saturated rings. The summed E-state index contributed by atoms with van der Waals surface area (Å²) in [5.74, 6) is -1.15. The van der Waals surface area contributed by atoms with Crippen molar-refractivity contribution in [3.05, 3.63) is 88.7 Å². The third-order valence-electron chi connectivity index (χ3n) is 5.36. The van der Waals surface area contributed by atoms with E-state index in [2.05, 4.69) is 4.98 Å². The number of benzene rings is 2. The van der Waals surface area contributed by atoms with E-state index in [9.17, 15) is 18.0 Å². The molecule has 0 saturated heterocycles. The molecule has 0 radical (unpaired) electrons. The number of ketones is 1. The van der Waals surface area contributed by atoms with Gasteiger partial charge >= 0.3 is 5.97 Å². The molecule has 33 heavy (non-hydrogen) atoms. The minimum absolute atomic E-state index is 0.00312. The Morgan fingerprint density at radius 1 is 1.09 bits per heavy atom. The van der Waals surface area contributed by atoms with Crippen molar-refractivity contribution in [2.24, 2.45) is 0 Å². The van der Waals surface area contributed by atoms with E-state index in [1.54, 1.807) is 44.2 Å². The number of carbonyl (C=O) groups is 2. The van der Waals surface area contributed by atoms with E-state index < -0.39 is 33.9 Å². The summed E-state index contributed by atoms with van der Waals surface area (Å²) in [5, 5.41) is 0.324. The van der Waals surface area contributed by atoms with Crippen LogP contribution in [0.25, 0.3) is 0 Å². The van der Waals surface area contributed by atoms with Crippen LogP contribution in [0.15, 0.2) is 71.8 Å². The first-order valence-electron chi connectivity index (χ1n) is 10.3. The Balaban J connectivity index is 1.95. The van der Waals surface area contributed by atoms with Crippen LogP contribution in [-0.2, 0) is 19.6 Å². The number of halogens is 1. The maximum Gasteiger partial charge on any atom is 0.306 e. The number of Topliss-reactive ketones (excluding diaryl/α,β-unsaturated/α-hetero) is 1. The lowest BCUT2D eigenvalue weighted by molar-refractivity contribution is -0.149. The second-order valence-corrected chi connectivity index (χ2v) is 9.86. The molecule has 9 heteroatoms. The topological polar surface area (TPSA) is 93.6 Å². The molecule has 2 unspecified atom stereocenters. The van der Waals surface area contributed by atoms with Crippen molar-refractivity contribution in [1.82, 2.24) is 4.98 Å². The number of aromatic nitrogens is 1. The van der Waals surface area contributed by atoms with Crippen LogP contribution in [0.3, 0.4) is 0 Å². The van der Waals surface area contributed by atoms with E-state index in [0.29, 0.717) is 10.6 Å². The Kier molecular flexibility index (Phi) is 6.23. The van der Waals surface area contributed by atoms with Crippen LogP contribution in [0, 0.1) is 6.92 Å². The number of esters is 1. The largest absolute Gasteiger partial charge is 0.455 e. The fourth-order valence-electron chi connectivity index (χ4n) is 3.80. The lowest BCUT2D eigenvalue weighted by Gasteiger charge is -2.28. The van der Waals surface area contributed by atoms with E-state index in [1.165, 1.54) is 36.5 Å². The number of hydrogen-bond acceptors (Lipinski definition) is 6. The van der Waals surface area contributed by atoms with E-state index in [4.69, 9.17) is 16.3 Å². The zero-order valence-corrected chi connectivity index (χ0v) is 19.5. The van der Waals surface area contributed by atoms with E-state index in [-0.39, 0.29) is 22.7 Å². The Morgan fingerprint density at radius 2 is 1.82 bits per heavy atom. The van der Waals surface area contributed by atoms with Crippen LogP contribution in [0.5, 0.6) is 0 Å². The lowest BCUT2D eigenvalue weighted by Crippen LogP contribution is -2.45. The van der Waals surface area contributed by atoms with Gasteiger partial charge in [0.2, 0.25) is 5.78 Å². The first-order chi connectivity index (χ1) is 15.7. The minimum atomic E-state index is -4.20. The van der Waals surface area contributed by atoms with Crippen LogP contribution < -0.4 is 4.31 Å². The van der Waals surface area contributed by atoms with Crippen molar-refractivity contribution in [2.75, 3.05) is 4.31 Å². The van der Waals surface area contributed by atoms with Gasteiger partial charge in [-0.3, -0.25) is 18.9 Å². The van der Waals surface area contributed by atoms with Gasteiger partial charge in [0.05, 0.1) is 10.6 Å². The average molecular weight is 485 g/mol. The van der Waals surface area contributed by atoms with E-state index in [1.807, 2.05) is 0 Å². The number of nitrogens with zero attached hydrogens (tertiary/aromatic N) is 2. The summed E-state index contributed by atoms with van der Waals surface area (Å²) in [5.41, 5.74) is 1.43. The predicted molar refractivity (Wildman–Crippen MR) is 124 cm³/mol. The molecule has 2 aromatic carbocycles. The Labute approximate surface area is 197 Å². The number of pyridine rings is 1. The molecule has 0 saturated carbocycles. The molecule has 0 bridgehead atoms. The molecule has 0 aliphatic carbocycles. The van der Waals surface area contributed by atoms with Gasteiger partial charge in [0.1, 0.15) is 5.69 Å². The number of hydrogen-bond donors (Lipinski definition) is 0. The molecule has 170 valence electrons. The summed E-state index contributed by atoms with van der Waals surface area (Å²) in [7, 11) is -4.20. The Bertz CT molecular complexity index is 1330.